The van der Waals surface area contributed by atoms with Crippen LogP contribution >= 0.6 is 0 Å². The van der Waals surface area contributed by atoms with Gasteiger partial charge in [-0.3, -0.25) is 4.79 Å². The van der Waals surface area contributed by atoms with Crippen LogP contribution in [0.5, 0.6) is 0 Å². The minimum absolute atomic E-state index is 0.0270. The smallest absolute Gasteiger partial charge is 0.377 e. The van der Waals surface area contributed by atoms with E-state index in [0.717, 1.165) is 11.8 Å². The molecule has 92 valence electrons. The van der Waals surface area contributed by atoms with Crippen molar-refractivity contribution in [3.63, 3.8) is 0 Å². The Labute approximate surface area is 99.0 Å². The monoisotopic (exact) mass is 256 g/mol. The Bertz CT molecular complexity index is 527. The van der Waals surface area contributed by atoms with Gasteiger partial charge in [0.1, 0.15) is 9.84 Å². The van der Waals surface area contributed by atoms with Crippen LogP contribution in [0.3, 0.4) is 0 Å². The number of hydrogen-bond acceptors (Lipinski definition) is 4. The molecule has 0 atom stereocenters. The Balaban J connectivity index is 2.75. The lowest BCUT2D eigenvalue weighted by Gasteiger charge is -2.01. The lowest BCUT2D eigenvalue weighted by atomic mass is 10.1. The molecule has 0 bridgehead atoms. The van der Waals surface area contributed by atoms with E-state index in [2.05, 4.69) is 0 Å². The molecule has 1 N–H and O–H groups in total. The summed E-state index contributed by atoms with van der Waals surface area (Å²) in [5.41, 5.74) is 0.831. The SMILES string of the molecule is CS(=O)(=O)CCc1ccc(C(=O)C(=O)O)cc1. The van der Waals surface area contributed by atoms with E-state index in [-0.39, 0.29) is 11.3 Å². The number of sulfone groups is 1. The lowest BCUT2D eigenvalue weighted by Crippen LogP contribution is -2.12. The van der Waals surface area contributed by atoms with E-state index in [0.29, 0.717) is 6.42 Å². The van der Waals surface area contributed by atoms with Gasteiger partial charge in [-0.15, -0.1) is 0 Å². The highest BCUT2D eigenvalue weighted by Gasteiger charge is 2.13. The molecule has 1 rings (SSSR count). The van der Waals surface area contributed by atoms with Crippen molar-refractivity contribution >= 4 is 21.6 Å². The molecule has 6 heteroatoms. The van der Waals surface area contributed by atoms with Gasteiger partial charge in [0, 0.05) is 11.8 Å². The minimum atomic E-state index is -3.02. The number of rotatable bonds is 5. The van der Waals surface area contributed by atoms with E-state index in [1.54, 1.807) is 12.1 Å². The molecule has 1 aromatic carbocycles. The maximum atomic E-state index is 11.1. The summed E-state index contributed by atoms with van der Waals surface area (Å²) in [5.74, 6) is -2.45. The summed E-state index contributed by atoms with van der Waals surface area (Å²) in [6, 6.07) is 5.88. The second-order valence-corrected chi connectivity index (χ2v) is 5.97. The topological polar surface area (TPSA) is 88.5 Å². The zero-order valence-electron chi connectivity index (χ0n) is 9.21. The van der Waals surface area contributed by atoms with Crippen molar-refractivity contribution in [2.75, 3.05) is 12.0 Å². The fourth-order valence-corrected chi connectivity index (χ4v) is 1.86. The number of aryl methyl sites for hydroxylation is 1. The highest BCUT2D eigenvalue weighted by molar-refractivity contribution is 7.90. The molecular weight excluding hydrogens is 244 g/mol. The molecular formula is C11H12O5S. The Hall–Kier alpha value is -1.69. The van der Waals surface area contributed by atoms with Gasteiger partial charge in [-0.05, 0) is 12.0 Å². The number of benzene rings is 1. The van der Waals surface area contributed by atoms with Gasteiger partial charge in [0.2, 0.25) is 0 Å². The zero-order chi connectivity index (χ0) is 13.1. The molecule has 0 spiro atoms. The van der Waals surface area contributed by atoms with Gasteiger partial charge in [-0.2, -0.15) is 0 Å². The van der Waals surface area contributed by atoms with Crippen LogP contribution in [-0.4, -0.2) is 37.3 Å². The third-order valence-corrected chi connectivity index (χ3v) is 3.12. The third kappa shape index (κ3) is 4.36. The number of Topliss-reactive ketones (excluding diaryl/α,β-unsaturated/α-hetero) is 1. The Kier molecular flexibility index (Phi) is 4.01. The Morgan fingerprint density at radius 1 is 1.18 bits per heavy atom. The molecule has 0 aliphatic heterocycles. The van der Waals surface area contributed by atoms with E-state index in [1.165, 1.54) is 12.1 Å². The standard InChI is InChI=1S/C11H12O5S/c1-17(15,16)7-6-8-2-4-9(5-3-8)10(12)11(13)14/h2-5H,6-7H2,1H3,(H,13,14). The molecule has 5 nitrogen and oxygen atoms in total. The summed E-state index contributed by atoms with van der Waals surface area (Å²) >= 11 is 0. The van der Waals surface area contributed by atoms with Crippen LogP contribution in [0.15, 0.2) is 24.3 Å². The molecule has 0 unspecified atom stereocenters. The number of hydrogen-bond donors (Lipinski definition) is 1. The third-order valence-electron chi connectivity index (χ3n) is 2.17. The van der Waals surface area contributed by atoms with Crippen LogP contribution in [-0.2, 0) is 21.1 Å². The molecule has 0 aliphatic rings. The summed E-state index contributed by atoms with van der Waals surface area (Å²) in [4.78, 5) is 21.5. The molecule has 0 fully saturated rings. The molecule has 0 heterocycles. The number of ketones is 1. The minimum Gasteiger partial charge on any atom is -0.475 e. The van der Waals surface area contributed by atoms with Crippen molar-refractivity contribution in [2.45, 2.75) is 6.42 Å². The van der Waals surface area contributed by atoms with Gasteiger partial charge in [-0.1, -0.05) is 24.3 Å². The van der Waals surface area contributed by atoms with Gasteiger partial charge in [0.25, 0.3) is 5.78 Å². The van der Waals surface area contributed by atoms with Gasteiger partial charge >= 0.3 is 5.97 Å². The average Bonchev–Trinajstić information content (AvgIpc) is 2.25. The van der Waals surface area contributed by atoms with E-state index >= 15 is 0 Å². The zero-order valence-corrected chi connectivity index (χ0v) is 10.0. The number of carbonyl (C=O) groups is 2. The number of carboxylic acid groups (broad SMARTS) is 1. The quantitative estimate of drug-likeness (QED) is 0.613. The Morgan fingerprint density at radius 2 is 1.71 bits per heavy atom. The molecule has 0 radical (unpaired) electrons. The normalized spacial score (nSPS) is 11.1. The first-order valence-electron chi connectivity index (χ1n) is 4.84. The second kappa shape index (κ2) is 5.09. The molecule has 1 aromatic rings. The van der Waals surface area contributed by atoms with Crippen molar-refractivity contribution in [1.29, 1.82) is 0 Å². The molecule has 0 aliphatic carbocycles. The van der Waals surface area contributed by atoms with Gasteiger partial charge in [0.15, 0.2) is 0 Å². The van der Waals surface area contributed by atoms with E-state index < -0.39 is 21.6 Å². The maximum Gasteiger partial charge on any atom is 0.377 e. The van der Waals surface area contributed by atoms with Crippen molar-refractivity contribution in [3.05, 3.63) is 35.4 Å². The summed E-state index contributed by atoms with van der Waals surface area (Å²) in [7, 11) is -3.02. The van der Waals surface area contributed by atoms with Crippen molar-refractivity contribution in [2.24, 2.45) is 0 Å². The van der Waals surface area contributed by atoms with E-state index in [9.17, 15) is 18.0 Å². The summed E-state index contributed by atoms with van der Waals surface area (Å²) in [6.07, 6.45) is 1.50. The van der Waals surface area contributed by atoms with Crippen LogP contribution in [0.1, 0.15) is 15.9 Å². The van der Waals surface area contributed by atoms with Crippen LogP contribution in [0.4, 0.5) is 0 Å². The molecule has 0 amide bonds. The number of aliphatic carboxylic acids is 1. The van der Waals surface area contributed by atoms with Crippen molar-refractivity contribution in [1.82, 2.24) is 0 Å². The fraction of sp³-hybridized carbons (Fsp3) is 0.273. The van der Waals surface area contributed by atoms with Crippen LogP contribution in [0.2, 0.25) is 0 Å². The van der Waals surface area contributed by atoms with Crippen LogP contribution in [0.25, 0.3) is 0 Å². The van der Waals surface area contributed by atoms with Gasteiger partial charge < -0.3 is 5.11 Å². The van der Waals surface area contributed by atoms with E-state index in [4.69, 9.17) is 5.11 Å². The number of carbonyl (C=O) groups excluding carboxylic acids is 1. The first kappa shape index (κ1) is 13.4. The first-order chi connectivity index (χ1) is 7.79. The molecule has 0 aromatic heterocycles. The Morgan fingerprint density at radius 3 is 2.12 bits per heavy atom. The predicted molar refractivity (Wildman–Crippen MR) is 61.8 cm³/mol. The highest BCUT2D eigenvalue weighted by Crippen LogP contribution is 2.07. The van der Waals surface area contributed by atoms with Gasteiger partial charge in [0.05, 0.1) is 5.75 Å². The largest absolute Gasteiger partial charge is 0.475 e. The summed E-state index contributed by atoms with van der Waals surface area (Å²) in [6.45, 7) is 0. The lowest BCUT2D eigenvalue weighted by molar-refractivity contribution is -0.131. The number of carboxylic acids is 1. The first-order valence-corrected chi connectivity index (χ1v) is 6.90. The summed E-state index contributed by atoms with van der Waals surface area (Å²) < 4.78 is 21.9. The molecule has 0 saturated heterocycles. The predicted octanol–water partition coefficient (Wildman–Crippen LogP) is 0.541. The van der Waals surface area contributed by atoms with Crippen LogP contribution < -0.4 is 0 Å². The fourth-order valence-electron chi connectivity index (χ4n) is 1.25. The molecule has 17 heavy (non-hydrogen) atoms. The molecule has 0 saturated carbocycles. The summed E-state index contributed by atoms with van der Waals surface area (Å²) in [5, 5.41) is 8.49. The van der Waals surface area contributed by atoms with Crippen molar-refractivity contribution < 1.29 is 23.1 Å². The van der Waals surface area contributed by atoms with Crippen LogP contribution in [0, 0.1) is 0 Å². The van der Waals surface area contributed by atoms with E-state index in [1.807, 2.05) is 0 Å². The van der Waals surface area contributed by atoms with Gasteiger partial charge in [-0.25, -0.2) is 13.2 Å². The average molecular weight is 256 g/mol. The maximum absolute atomic E-state index is 11.1. The van der Waals surface area contributed by atoms with Crippen molar-refractivity contribution in [3.8, 4) is 0 Å². The highest BCUT2D eigenvalue weighted by atomic mass is 32.2. The second-order valence-electron chi connectivity index (χ2n) is 3.71.